The first-order valence-corrected chi connectivity index (χ1v) is 4.23. The van der Waals surface area contributed by atoms with E-state index >= 15 is 0 Å². The van der Waals surface area contributed by atoms with E-state index in [2.05, 4.69) is 23.7 Å². The normalized spacial score (nSPS) is 7.42. The molecule has 0 fully saturated rings. The van der Waals surface area contributed by atoms with Gasteiger partial charge in [-0.25, -0.2) is 0 Å². The van der Waals surface area contributed by atoms with Gasteiger partial charge in [0.2, 0.25) is 5.78 Å². The molecule has 1 nitrogen and oxygen atoms in total. The predicted octanol–water partition coefficient (Wildman–Crippen LogP) is 1.96. The van der Waals surface area contributed by atoms with Crippen LogP contribution >= 0.6 is 11.3 Å². The molecule has 0 amide bonds. The zero-order valence-corrected chi connectivity index (χ0v) is 7.37. The molecule has 0 aliphatic heterocycles. The van der Waals surface area contributed by atoms with E-state index in [4.69, 9.17) is 0 Å². The van der Waals surface area contributed by atoms with Crippen LogP contribution in [0.1, 0.15) is 16.6 Å². The van der Waals surface area contributed by atoms with Crippen LogP contribution < -0.4 is 0 Å². The van der Waals surface area contributed by atoms with Crippen molar-refractivity contribution in [2.24, 2.45) is 0 Å². The molecule has 0 bridgehead atoms. The number of rotatable bonds is 1. The Morgan fingerprint density at radius 1 is 1.50 bits per heavy atom. The first-order chi connectivity index (χ1) is 5.84. The lowest BCUT2D eigenvalue weighted by Gasteiger charge is -1.80. The number of ketones is 1. The number of hydrogen-bond donors (Lipinski definition) is 0. The van der Waals surface area contributed by atoms with Gasteiger partial charge in [-0.2, -0.15) is 0 Å². The summed E-state index contributed by atoms with van der Waals surface area (Å²) in [6.45, 7) is 1.68. The molecule has 0 unspecified atom stereocenters. The minimum absolute atomic E-state index is 0.159. The van der Waals surface area contributed by atoms with E-state index in [-0.39, 0.29) is 5.78 Å². The molecule has 0 spiro atoms. The van der Waals surface area contributed by atoms with Gasteiger partial charge in [0.15, 0.2) is 0 Å². The zero-order valence-electron chi connectivity index (χ0n) is 6.55. The van der Waals surface area contributed by atoms with Crippen LogP contribution in [0, 0.1) is 23.7 Å². The minimum atomic E-state index is -0.159. The smallest absolute Gasteiger partial charge is 0.246 e. The van der Waals surface area contributed by atoms with Gasteiger partial charge in [-0.1, -0.05) is 12.0 Å². The van der Waals surface area contributed by atoms with Crippen molar-refractivity contribution < 1.29 is 4.79 Å². The maximum absolute atomic E-state index is 11.1. The number of thiophene rings is 1. The fourth-order valence-electron chi connectivity index (χ4n) is 0.620. The molecule has 0 saturated heterocycles. The summed E-state index contributed by atoms with van der Waals surface area (Å²) in [5.74, 6) is 9.85. The molecule has 0 radical (unpaired) electrons. The lowest BCUT2D eigenvalue weighted by Crippen LogP contribution is -1.88. The second-order valence-electron chi connectivity index (χ2n) is 1.93. The third-order valence-electron chi connectivity index (χ3n) is 1.11. The van der Waals surface area contributed by atoms with Gasteiger partial charge in [0.1, 0.15) is 0 Å². The van der Waals surface area contributed by atoms with Crippen molar-refractivity contribution in [3.8, 4) is 23.7 Å². The van der Waals surface area contributed by atoms with E-state index in [1.165, 1.54) is 11.3 Å². The van der Waals surface area contributed by atoms with Crippen LogP contribution in [-0.2, 0) is 0 Å². The SMILES string of the molecule is CC#CC#CC(=O)c1cccs1. The van der Waals surface area contributed by atoms with Gasteiger partial charge in [0.05, 0.1) is 4.88 Å². The standard InChI is InChI=1S/C10H6OS/c1-2-3-4-6-9(11)10-7-5-8-12-10/h5,7-8H,1H3. The van der Waals surface area contributed by atoms with Crippen LogP contribution in [0.2, 0.25) is 0 Å². The molecule has 0 atom stereocenters. The van der Waals surface area contributed by atoms with E-state index in [1.54, 1.807) is 13.0 Å². The maximum atomic E-state index is 11.1. The van der Waals surface area contributed by atoms with Crippen molar-refractivity contribution in [2.45, 2.75) is 6.92 Å². The summed E-state index contributed by atoms with van der Waals surface area (Å²) in [4.78, 5) is 11.8. The Balaban J connectivity index is 2.74. The molecule has 1 aromatic heterocycles. The van der Waals surface area contributed by atoms with Crippen molar-refractivity contribution >= 4 is 17.1 Å². The highest BCUT2D eigenvalue weighted by Crippen LogP contribution is 2.07. The predicted molar refractivity (Wildman–Crippen MR) is 49.9 cm³/mol. The second kappa shape index (κ2) is 4.38. The van der Waals surface area contributed by atoms with E-state index in [1.807, 2.05) is 11.4 Å². The molecule has 0 aliphatic rings. The number of Topliss-reactive ketones (excluding diaryl/α,β-unsaturated/α-hetero) is 1. The van der Waals surface area contributed by atoms with Crippen molar-refractivity contribution in [1.29, 1.82) is 0 Å². The fraction of sp³-hybridized carbons (Fsp3) is 0.100. The first-order valence-electron chi connectivity index (χ1n) is 3.35. The molecule has 1 aromatic rings. The van der Waals surface area contributed by atoms with Gasteiger partial charge in [0, 0.05) is 0 Å². The van der Waals surface area contributed by atoms with Crippen LogP contribution in [0.3, 0.4) is 0 Å². The summed E-state index contributed by atoms with van der Waals surface area (Å²) in [6, 6.07) is 3.58. The Morgan fingerprint density at radius 2 is 2.33 bits per heavy atom. The molecular weight excluding hydrogens is 168 g/mol. The van der Waals surface area contributed by atoms with Gasteiger partial charge >= 0.3 is 0 Å². The molecule has 12 heavy (non-hydrogen) atoms. The first kappa shape index (κ1) is 8.59. The van der Waals surface area contributed by atoms with Crippen LogP contribution in [0.15, 0.2) is 17.5 Å². The number of carbonyl (C=O) groups is 1. The third kappa shape index (κ3) is 2.27. The summed E-state index contributed by atoms with van der Waals surface area (Å²) in [7, 11) is 0. The van der Waals surface area contributed by atoms with Gasteiger partial charge in [-0.15, -0.1) is 11.3 Å². The Labute approximate surface area is 75.4 Å². The Morgan fingerprint density at radius 3 is 2.92 bits per heavy atom. The van der Waals surface area contributed by atoms with E-state index in [0.717, 1.165) is 0 Å². The van der Waals surface area contributed by atoms with Crippen LogP contribution in [0.5, 0.6) is 0 Å². The summed E-state index contributed by atoms with van der Waals surface area (Å²) < 4.78 is 0. The molecular formula is C10H6OS. The second-order valence-corrected chi connectivity index (χ2v) is 2.88. The zero-order chi connectivity index (χ0) is 8.81. The number of hydrogen-bond acceptors (Lipinski definition) is 2. The Kier molecular flexibility index (Phi) is 3.14. The van der Waals surface area contributed by atoms with E-state index in [9.17, 15) is 4.79 Å². The lowest BCUT2D eigenvalue weighted by molar-refractivity contribution is 0.106. The van der Waals surface area contributed by atoms with Crippen molar-refractivity contribution in [3.05, 3.63) is 22.4 Å². The highest BCUT2D eigenvalue weighted by atomic mass is 32.1. The number of carbonyl (C=O) groups excluding carboxylic acids is 1. The third-order valence-corrected chi connectivity index (χ3v) is 1.98. The van der Waals surface area contributed by atoms with Gasteiger partial charge in [-0.05, 0) is 36.1 Å². The van der Waals surface area contributed by atoms with Crippen molar-refractivity contribution in [2.75, 3.05) is 0 Å². The Hall–Kier alpha value is -1.51. The monoisotopic (exact) mass is 174 g/mol. The maximum Gasteiger partial charge on any atom is 0.246 e. The van der Waals surface area contributed by atoms with Crippen molar-refractivity contribution in [1.82, 2.24) is 0 Å². The molecule has 0 N–H and O–H groups in total. The van der Waals surface area contributed by atoms with Crippen molar-refractivity contribution in [3.63, 3.8) is 0 Å². The summed E-state index contributed by atoms with van der Waals surface area (Å²) in [5, 5.41) is 1.85. The van der Waals surface area contributed by atoms with Crippen LogP contribution in [0.4, 0.5) is 0 Å². The van der Waals surface area contributed by atoms with Gasteiger partial charge < -0.3 is 0 Å². The fourth-order valence-corrected chi connectivity index (χ4v) is 1.24. The molecule has 0 aromatic carbocycles. The molecule has 2 heteroatoms. The van der Waals surface area contributed by atoms with E-state index < -0.39 is 0 Å². The Bertz CT molecular complexity index is 379. The summed E-state index contributed by atoms with van der Waals surface area (Å²) >= 11 is 1.39. The van der Waals surface area contributed by atoms with Gasteiger partial charge in [0.25, 0.3) is 0 Å². The average Bonchev–Trinajstić information content (AvgIpc) is 2.56. The quantitative estimate of drug-likeness (QED) is 0.361. The average molecular weight is 174 g/mol. The van der Waals surface area contributed by atoms with Crippen LogP contribution in [0.25, 0.3) is 0 Å². The highest BCUT2D eigenvalue weighted by Gasteiger charge is 2.00. The van der Waals surface area contributed by atoms with Crippen LogP contribution in [-0.4, -0.2) is 5.78 Å². The summed E-state index contributed by atoms with van der Waals surface area (Å²) in [6.07, 6.45) is 0. The topological polar surface area (TPSA) is 17.1 Å². The largest absolute Gasteiger partial charge is 0.278 e. The highest BCUT2D eigenvalue weighted by molar-refractivity contribution is 7.12. The van der Waals surface area contributed by atoms with E-state index in [0.29, 0.717) is 4.88 Å². The lowest BCUT2D eigenvalue weighted by atomic mass is 10.3. The minimum Gasteiger partial charge on any atom is -0.278 e. The molecule has 0 aliphatic carbocycles. The molecule has 1 rings (SSSR count). The van der Waals surface area contributed by atoms with Gasteiger partial charge in [-0.3, -0.25) is 4.79 Å². The summed E-state index contributed by atoms with van der Waals surface area (Å²) in [5.41, 5.74) is 0. The molecule has 58 valence electrons. The molecule has 0 saturated carbocycles. The molecule has 1 heterocycles.